The average molecular weight is 178 g/mol. The second-order valence-electron chi connectivity index (χ2n) is 1.13. The lowest BCUT2D eigenvalue weighted by atomic mass is 10.3. The summed E-state index contributed by atoms with van der Waals surface area (Å²) in [6.45, 7) is -0.505. The predicted octanol–water partition coefficient (Wildman–Crippen LogP) is -0.766. The molecule has 0 fully saturated rings. The second kappa shape index (κ2) is 7.97. The van der Waals surface area contributed by atoms with Crippen LogP contribution in [0.1, 0.15) is 0 Å². The molecule has 0 aliphatic carbocycles. The third-order valence-electron chi connectivity index (χ3n) is 0.514. The minimum atomic E-state index is -1.18. The molecule has 4 nitrogen and oxygen atoms in total. The molecule has 0 aromatic carbocycles. The van der Waals surface area contributed by atoms with Gasteiger partial charge in [0.2, 0.25) is 0 Å². The number of hydrogen-bond acceptors (Lipinski definition) is 3. The summed E-state index contributed by atoms with van der Waals surface area (Å²) in [7, 11) is 0. The number of nitrogens with two attached hydrogens (primary N) is 1. The Kier molecular flexibility index (Phi) is 14.2. The van der Waals surface area contributed by atoms with Crippen molar-refractivity contribution in [1.29, 1.82) is 0 Å². The summed E-state index contributed by atoms with van der Waals surface area (Å²) < 4.78 is 0. The third-order valence-corrected chi connectivity index (χ3v) is 0.514. The van der Waals surface area contributed by atoms with Crippen molar-refractivity contribution in [3.05, 3.63) is 0 Å². The van der Waals surface area contributed by atoms with E-state index in [9.17, 15) is 4.79 Å². The van der Waals surface area contributed by atoms with Gasteiger partial charge < -0.3 is 15.9 Å². The van der Waals surface area contributed by atoms with Crippen LogP contribution in [0, 0.1) is 0 Å². The molecule has 0 aromatic rings. The summed E-state index contributed by atoms with van der Waals surface area (Å²) in [6, 6.07) is -1.13. The van der Waals surface area contributed by atoms with E-state index in [1.807, 2.05) is 0 Å². The molecule has 0 aromatic heterocycles. The highest BCUT2D eigenvalue weighted by Gasteiger charge is 2.06. The first-order valence-corrected chi connectivity index (χ1v) is 1.77. The summed E-state index contributed by atoms with van der Waals surface area (Å²) >= 11 is 0. The number of aliphatic carboxylic acids is 1. The quantitative estimate of drug-likeness (QED) is 0.518. The number of hydrogen-bond donors (Lipinski definition) is 3. The van der Waals surface area contributed by atoms with Gasteiger partial charge in [-0.1, -0.05) is 0 Å². The Labute approximate surface area is 64.9 Å². The lowest BCUT2D eigenvalue weighted by Crippen LogP contribution is -2.33. The van der Waals surface area contributed by atoms with E-state index in [4.69, 9.17) is 15.9 Å². The molecule has 0 rings (SSSR count). The summed E-state index contributed by atoms with van der Waals surface area (Å²) in [5.74, 6) is -1.18. The van der Waals surface area contributed by atoms with Crippen molar-refractivity contribution >= 4 is 30.8 Å². The fourth-order valence-corrected chi connectivity index (χ4v) is 0.0781. The van der Waals surface area contributed by atoms with E-state index in [0.717, 1.165) is 0 Å². The second-order valence-corrected chi connectivity index (χ2v) is 1.13. The van der Waals surface area contributed by atoms with E-state index in [2.05, 4.69) is 0 Å². The lowest BCUT2D eigenvalue weighted by molar-refractivity contribution is -0.139. The van der Waals surface area contributed by atoms with Crippen molar-refractivity contribution in [3.8, 4) is 0 Å². The largest absolute Gasteiger partial charge is 0.480 e. The molecule has 9 heavy (non-hydrogen) atoms. The smallest absolute Gasteiger partial charge is 0.322 e. The molecule has 0 unspecified atom stereocenters. The van der Waals surface area contributed by atoms with Gasteiger partial charge in [-0.05, 0) is 0 Å². The number of rotatable bonds is 2. The van der Waals surface area contributed by atoms with Crippen molar-refractivity contribution in [2.24, 2.45) is 5.73 Å². The Morgan fingerprint density at radius 1 is 1.56 bits per heavy atom. The van der Waals surface area contributed by atoms with Gasteiger partial charge in [-0.2, -0.15) is 0 Å². The molecule has 0 bridgehead atoms. The zero-order valence-electron chi connectivity index (χ0n) is 4.48. The Morgan fingerprint density at radius 3 is 1.89 bits per heavy atom. The summed E-state index contributed by atoms with van der Waals surface area (Å²) in [6.07, 6.45) is 0. The molecule has 58 valence electrons. The van der Waals surface area contributed by atoms with Gasteiger partial charge in [0.25, 0.3) is 0 Å². The molecule has 1 atom stereocenters. The normalized spacial score (nSPS) is 10.4. The van der Waals surface area contributed by atoms with Crippen molar-refractivity contribution in [3.63, 3.8) is 0 Å². The molecule has 0 aliphatic rings. The molecule has 0 amide bonds. The monoisotopic (exact) mass is 177 g/mol. The minimum absolute atomic E-state index is 0. The van der Waals surface area contributed by atoms with Crippen molar-refractivity contribution in [2.75, 3.05) is 6.61 Å². The van der Waals surface area contributed by atoms with Crippen LogP contribution in [0.15, 0.2) is 0 Å². The highest BCUT2D eigenvalue weighted by atomic mass is 35.5. The molecule has 0 aliphatic heterocycles. The van der Waals surface area contributed by atoms with E-state index in [-0.39, 0.29) is 24.8 Å². The van der Waals surface area contributed by atoms with Crippen LogP contribution in [-0.4, -0.2) is 28.8 Å². The van der Waals surface area contributed by atoms with Gasteiger partial charge in [0, 0.05) is 0 Å². The maximum absolute atomic E-state index is 9.65. The van der Waals surface area contributed by atoms with Crippen molar-refractivity contribution in [1.82, 2.24) is 0 Å². The van der Waals surface area contributed by atoms with Gasteiger partial charge in [-0.15, -0.1) is 24.8 Å². The molecule has 0 saturated carbocycles. The van der Waals surface area contributed by atoms with E-state index < -0.39 is 18.6 Å². The molecule has 4 N–H and O–H groups in total. The number of carboxylic acids is 1. The first-order chi connectivity index (χ1) is 3.18. The van der Waals surface area contributed by atoms with Crippen LogP contribution < -0.4 is 5.73 Å². The fraction of sp³-hybridized carbons (Fsp3) is 0.667. The third kappa shape index (κ3) is 7.97. The van der Waals surface area contributed by atoms with E-state index in [0.29, 0.717) is 0 Å². The van der Waals surface area contributed by atoms with Crippen LogP contribution in [0.2, 0.25) is 0 Å². The topological polar surface area (TPSA) is 83.5 Å². The first kappa shape index (κ1) is 16.0. The van der Waals surface area contributed by atoms with Crippen LogP contribution in [0.3, 0.4) is 0 Å². The molecule has 0 radical (unpaired) electrons. The lowest BCUT2D eigenvalue weighted by Gasteiger charge is -1.96. The van der Waals surface area contributed by atoms with E-state index in [1.165, 1.54) is 0 Å². The summed E-state index contributed by atoms with van der Waals surface area (Å²) in [4.78, 5) is 9.65. The number of carbonyl (C=O) groups is 1. The Bertz CT molecular complexity index is 79.5. The maximum atomic E-state index is 9.65. The molecule has 0 heterocycles. The minimum Gasteiger partial charge on any atom is -0.480 e. The number of aliphatic hydroxyl groups is 1. The number of carboxylic acid groups (broad SMARTS) is 1. The van der Waals surface area contributed by atoms with Gasteiger partial charge >= 0.3 is 5.97 Å². The van der Waals surface area contributed by atoms with Crippen LogP contribution >= 0.6 is 24.8 Å². The summed E-state index contributed by atoms with van der Waals surface area (Å²) in [5, 5.41) is 15.9. The number of aliphatic hydroxyl groups excluding tert-OH is 1. The van der Waals surface area contributed by atoms with Gasteiger partial charge in [0.1, 0.15) is 6.04 Å². The number of halogens is 2. The molecular formula is C3H9Cl2NO3. The Hall–Kier alpha value is -0.0300. The Balaban J connectivity index is -0.000000180. The van der Waals surface area contributed by atoms with Crippen molar-refractivity contribution < 1.29 is 15.0 Å². The highest BCUT2D eigenvalue weighted by Crippen LogP contribution is 1.71. The van der Waals surface area contributed by atoms with Crippen LogP contribution in [0.25, 0.3) is 0 Å². The van der Waals surface area contributed by atoms with Crippen LogP contribution in [0.4, 0.5) is 0 Å². The van der Waals surface area contributed by atoms with Gasteiger partial charge in [0.05, 0.1) is 6.61 Å². The summed E-state index contributed by atoms with van der Waals surface area (Å²) in [5.41, 5.74) is 4.77. The fourth-order valence-electron chi connectivity index (χ4n) is 0.0781. The average Bonchev–Trinajstić information content (AvgIpc) is 1.65. The molecule has 6 heteroatoms. The molecule has 0 saturated heterocycles. The Morgan fingerprint density at radius 2 is 1.89 bits per heavy atom. The van der Waals surface area contributed by atoms with Crippen LogP contribution in [-0.2, 0) is 4.79 Å². The molecule has 0 spiro atoms. The van der Waals surface area contributed by atoms with E-state index >= 15 is 0 Å². The van der Waals surface area contributed by atoms with E-state index in [1.54, 1.807) is 0 Å². The van der Waals surface area contributed by atoms with Crippen LogP contribution in [0.5, 0.6) is 0 Å². The SMILES string of the molecule is Cl.Cl.N[C@@H](CO)C(=O)O. The predicted molar refractivity (Wildman–Crippen MR) is 37.2 cm³/mol. The van der Waals surface area contributed by atoms with Gasteiger partial charge in [-0.3, -0.25) is 4.79 Å². The van der Waals surface area contributed by atoms with Gasteiger partial charge in [0.15, 0.2) is 0 Å². The van der Waals surface area contributed by atoms with Gasteiger partial charge in [-0.25, -0.2) is 0 Å². The first-order valence-electron chi connectivity index (χ1n) is 1.77. The zero-order valence-corrected chi connectivity index (χ0v) is 6.11. The van der Waals surface area contributed by atoms with Crippen molar-refractivity contribution in [2.45, 2.75) is 6.04 Å². The maximum Gasteiger partial charge on any atom is 0.322 e. The molecular weight excluding hydrogens is 169 g/mol. The standard InChI is InChI=1S/C3H7NO3.2ClH/c4-2(1-5)3(6)7;;/h2,5H,1,4H2,(H,6,7);2*1H/t2-;;/m0../s1. The highest BCUT2D eigenvalue weighted by molar-refractivity contribution is 5.85. The zero-order chi connectivity index (χ0) is 5.86.